The molecule has 1 aromatic rings. The molecule has 1 saturated heterocycles. The number of para-hydroxylation sites is 1. The zero-order valence-corrected chi connectivity index (χ0v) is 10.2. The number of hydrogen-bond acceptors (Lipinski definition) is 2. The lowest BCUT2D eigenvalue weighted by molar-refractivity contribution is 0.0169. The molecule has 1 fully saturated rings. The Balaban J connectivity index is 1.86. The van der Waals surface area contributed by atoms with Crippen LogP contribution < -0.4 is 4.74 Å². The highest BCUT2D eigenvalue weighted by Crippen LogP contribution is 2.20. The minimum absolute atomic E-state index is 0.190. The molecular weight excluding hydrogens is 198 g/mol. The lowest BCUT2D eigenvalue weighted by atomic mass is 9.99. The third-order valence-electron chi connectivity index (χ3n) is 3.38. The lowest BCUT2D eigenvalue weighted by Crippen LogP contribution is -2.42. The fourth-order valence-electron chi connectivity index (χ4n) is 2.16. The van der Waals surface area contributed by atoms with Crippen molar-refractivity contribution >= 4 is 0 Å². The Morgan fingerprint density at radius 1 is 1.19 bits per heavy atom. The van der Waals surface area contributed by atoms with Crippen LogP contribution in [0, 0.1) is 5.92 Å². The maximum atomic E-state index is 5.91. The highest BCUT2D eigenvalue weighted by Gasteiger charge is 2.20. The SMILES string of the molecule is CC1CCN(C(C)Oc2ccccc2)CC1. The van der Waals surface area contributed by atoms with E-state index in [-0.39, 0.29) is 6.23 Å². The molecule has 0 aliphatic carbocycles. The maximum Gasteiger partial charge on any atom is 0.149 e. The summed E-state index contributed by atoms with van der Waals surface area (Å²) in [6.07, 6.45) is 2.78. The van der Waals surface area contributed by atoms with Crippen molar-refractivity contribution in [3.63, 3.8) is 0 Å². The van der Waals surface area contributed by atoms with Gasteiger partial charge in [-0.25, -0.2) is 0 Å². The maximum absolute atomic E-state index is 5.91. The zero-order valence-electron chi connectivity index (χ0n) is 10.2. The minimum Gasteiger partial charge on any atom is -0.475 e. The number of benzene rings is 1. The number of piperidine rings is 1. The molecule has 1 aliphatic heterocycles. The van der Waals surface area contributed by atoms with Gasteiger partial charge in [-0.3, -0.25) is 4.90 Å². The van der Waals surface area contributed by atoms with Crippen molar-refractivity contribution in [1.82, 2.24) is 4.90 Å². The molecule has 1 atom stereocenters. The van der Waals surface area contributed by atoms with Crippen molar-refractivity contribution < 1.29 is 4.74 Å². The quantitative estimate of drug-likeness (QED) is 0.774. The van der Waals surface area contributed by atoms with E-state index < -0.39 is 0 Å². The number of hydrogen-bond donors (Lipinski definition) is 0. The van der Waals surface area contributed by atoms with E-state index in [1.165, 1.54) is 12.8 Å². The van der Waals surface area contributed by atoms with Crippen LogP contribution in [-0.4, -0.2) is 24.2 Å². The van der Waals surface area contributed by atoms with Crippen molar-refractivity contribution in [2.24, 2.45) is 5.92 Å². The Labute approximate surface area is 98.2 Å². The van der Waals surface area contributed by atoms with E-state index in [2.05, 4.69) is 18.7 Å². The van der Waals surface area contributed by atoms with E-state index in [4.69, 9.17) is 4.74 Å². The summed E-state index contributed by atoms with van der Waals surface area (Å²) in [6.45, 7) is 6.80. The number of rotatable bonds is 3. The van der Waals surface area contributed by atoms with Crippen molar-refractivity contribution in [2.45, 2.75) is 32.9 Å². The van der Waals surface area contributed by atoms with Crippen LogP contribution in [0.15, 0.2) is 30.3 Å². The Kier molecular flexibility index (Phi) is 3.83. The van der Waals surface area contributed by atoms with Gasteiger partial charge in [0, 0.05) is 13.1 Å². The first kappa shape index (κ1) is 11.5. The van der Waals surface area contributed by atoms with Gasteiger partial charge in [0.2, 0.25) is 0 Å². The first-order chi connectivity index (χ1) is 7.75. The van der Waals surface area contributed by atoms with Gasteiger partial charge in [-0.1, -0.05) is 25.1 Å². The van der Waals surface area contributed by atoms with E-state index in [0.29, 0.717) is 0 Å². The Hall–Kier alpha value is -1.02. The van der Waals surface area contributed by atoms with E-state index in [9.17, 15) is 0 Å². The smallest absolute Gasteiger partial charge is 0.149 e. The first-order valence-electron chi connectivity index (χ1n) is 6.21. The summed E-state index contributed by atoms with van der Waals surface area (Å²) < 4.78 is 5.91. The molecule has 0 radical (unpaired) electrons. The van der Waals surface area contributed by atoms with Gasteiger partial charge in [-0.05, 0) is 37.8 Å². The predicted molar refractivity (Wildman–Crippen MR) is 66.5 cm³/mol. The second-order valence-corrected chi connectivity index (χ2v) is 4.75. The normalized spacial score (nSPS) is 20.6. The van der Waals surface area contributed by atoms with Gasteiger partial charge < -0.3 is 4.74 Å². The standard InChI is InChI=1S/C14H21NO/c1-12-8-10-15(11-9-12)13(2)16-14-6-4-3-5-7-14/h3-7,12-13H,8-11H2,1-2H3. The van der Waals surface area contributed by atoms with Gasteiger partial charge in [0.15, 0.2) is 0 Å². The molecule has 0 spiro atoms. The third kappa shape index (κ3) is 2.99. The average Bonchev–Trinajstić information content (AvgIpc) is 2.31. The summed E-state index contributed by atoms with van der Waals surface area (Å²) in [5.41, 5.74) is 0. The Bertz CT molecular complexity index is 304. The molecule has 16 heavy (non-hydrogen) atoms. The van der Waals surface area contributed by atoms with Crippen LogP contribution in [0.3, 0.4) is 0 Å². The number of ether oxygens (including phenoxy) is 1. The van der Waals surface area contributed by atoms with Gasteiger partial charge in [0.1, 0.15) is 12.0 Å². The summed E-state index contributed by atoms with van der Waals surface area (Å²) in [5, 5.41) is 0. The summed E-state index contributed by atoms with van der Waals surface area (Å²) in [5.74, 6) is 1.84. The van der Waals surface area contributed by atoms with E-state index in [1.807, 2.05) is 30.3 Å². The lowest BCUT2D eigenvalue weighted by Gasteiger charge is -2.34. The molecule has 2 rings (SSSR count). The summed E-state index contributed by atoms with van der Waals surface area (Å²) in [6, 6.07) is 10.1. The molecule has 1 heterocycles. The van der Waals surface area contributed by atoms with E-state index in [0.717, 1.165) is 24.8 Å². The number of nitrogens with zero attached hydrogens (tertiary/aromatic N) is 1. The van der Waals surface area contributed by atoms with Gasteiger partial charge in [0.05, 0.1) is 0 Å². The van der Waals surface area contributed by atoms with Crippen LogP contribution in [0.1, 0.15) is 26.7 Å². The van der Waals surface area contributed by atoms with Crippen LogP contribution in [0.5, 0.6) is 5.75 Å². The Morgan fingerprint density at radius 2 is 1.81 bits per heavy atom. The first-order valence-corrected chi connectivity index (χ1v) is 6.21. The van der Waals surface area contributed by atoms with E-state index in [1.54, 1.807) is 0 Å². The van der Waals surface area contributed by atoms with Gasteiger partial charge in [-0.2, -0.15) is 0 Å². The largest absolute Gasteiger partial charge is 0.475 e. The number of likely N-dealkylation sites (tertiary alicyclic amines) is 1. The summed E-state index contributed by atoms with van der Waals surface area (Å²) in [4.78, 5) is 2.42. The zero-order chi connectivity index (χ0) is 11.4. The summed E-state index contributed by atoms with van der Waals surface area (Å²) in [7, 11) is 0. The van der Waals surface area contributed by atoms with Crippen molar-refractivity contribution in [3.05, 3.63) is 30.3 Å². The Morgan fingerprint density at radius 3 is 2.44 bits per heavy atom. The fraction of sp³-hybridized carbons (Fsp3) is 0.571. The molecule has 2 nitrogen and oxygen atoms in total. The molecular formula is C14H21NO. The van der Waals surface area contributed by atoms with Gasteiger partial charge in [0.25, 0.3) is 0 Å². The summed E-state index contributed by atoms with van der Waals surface area (Å²) >= 11 is 0. The van der Waals surface area contributed by atoms with Gasteiger partial charge in [-0.15, -0.1) is 0 Å². The monoisotopic (exact) mass is 219 g/mol. The average molecular weight is 219 g/mol. The van der Waals surface area contributed by atoms with Crippen molar-refractivity contribution in [3.8, 4) is 5.75 Å². The van der Waals surface area contributed by atoms with Crippen LogP contribution in [0.2, 0.25) is 0 Å². The van der Waals surface area contributed by atoms with Crippen molar-refractivity contribution in [1.29, 1.82) is 0 Å². The topological polar surface area (TPSA) is 12.5 Å². The van der Waals surface area contributed by atoms with Crippen LogP contribution in [-0.2, 0) is 0 Å². The van der Waals surface area contributed by atoms with Crippen molar-refractivity contribution in [2.75, 3.05) is 13.1 Å². The molecule has 0 saturated carbocycles. The van der Waals surface area contributed by atoms with Crippen LogP contribution >= 0.6 is 0 Å². The minimum atomic E-state index is 0.190. The van der Waals surface area contributed by atoms with Crippen LogP contribution in [0.25, 0.3) is 0 Å². The highest BCUT2D eigenvalue weighted by atomic mass is 16.5. The molecule has 0 bridgehead atoms. The molecule has 0 N–H and O–H groups in total. The fourth-order valence-corrected chi connectivity index (χ4v) is 2.16. The molecule has 1 aromatic carbocycles. The molecule has 0 amide bonds. The molecule has 1 unspecified atom stereocenters. The van der Waals surface area contributed by atoms with Crippen LogP contribution in [0.4, 0.5) is 0 Å². The molecule has 88 valence electrons. The molecule has 1 aliphatic rings. The molecule has 0 aromatic heterocycles. The third-order valence-corrected chi connectivity index (χ3v) is 3.38. The molecule has 2 heteroatoms. The second kappa shape index (κ2) is 5.35. The van der Waals surface area contributed by atoms with Gasteiger partial charge >= 0.3 is 0 Å². The highest BCUT2D eigenvalue weighted by molar-refractivity contribution is 5.21. The van der Waals surface area contributed by atoms with E-state index >= 15 is 0 Å². The predicted octanol–water partition coefficient (Wildman–Crippen LogP) is 3.14. The second-order valence-electron chi connectivity index (χ2n) is 4.75.